The molecule has 0 aliphatic heterocycles. The number of anilines is 1. The number of benzene rings is 1. The molecule has 1 N–H and O–H groups in total. The summed E-state index contributed by atoms with van der Waals surface area (Å²) in [6.07, 6.45) is 1.11. The van der Waals surface area contributed by atoms with Crippen molar-refractivity contribution in [3.63, 3.8) is 0 Å². The Bertz CT molecular complexity index is 651. The second-order valence-corrected chi connectivity index (χ2v) is 4.35. The van der Waals surface area contributed by atoms with Crippen LogP contribution in [0.15, 0.2) is 42.6 Å². The Balaban J connectivity index is 2.10. The van der Waals surface area contributed by atoms with Crippen molar-refractivity contribution >= 4 is 17.7 Å². The highest BCUT2D eigenvalue weighted by Gasteiger charge is 2.07. The number of pyridine rings is 1. The molecule has 0 atom stereocenters. The van der Waals surface area contributed by atoms with Crippen molar-refractivity contribution in [3.05, 3.63) is 48.3 Å². The molecule has 2 aromatic rings. The molecule has 0 radical (unpaired) electrons. The van der Waals surface area contributed by atoms with Gasteiger partial charge in [0.2, 0.25) is 0 Å². The topological polar surface area (TPSA) is 77.5 Å². The Morgan fingerprint density at radius 2 is 1.77 bits per heavy atom. The number of nitrogens with zero attached hydrogens (tertiary/aromatic N) is 1. The largest absolute Gasteiger partial charge is 0.464 e. The molecule has 0 aliphatic carbocycles. The van der Waals surface area contributed by atoms with E-state index in [9.17, 15) is 9.59 Å². The second kappa shape index (κ2) is 7.21. The maximum Gasteiger partial charge on any atom is 0.411 e. The van der Waals surface area contributed by atoms with Crippen molar-refractivity contribution in [2.45, 2.75) is 6.92 Å². The fourth-order valence-electron chi connectivity index (χ4n) is 1.82. The van der Waals surface area contributed by atoms with Gasteiger partial charge in [-0.3, -0.25) is 5.32 Å². The summed E-state index contributed by atoms with van der Waals surface area (Å²) in [5.74, 6) is -0.472. The van der Waals surface area contributed by atoms with Crippen LogP contribution in [0.1, 0.15) is 17.4 Å². The number of methoxy groups -OCH3 is 1. The summed E-state index contributed by atoms with van der Waals surface area (Å²) in [6, 6.07) is 10.6. The third-order valence-corrected chi connectivity index (χ3v) is 2.90. The van der Waals surface area contributed by atoms with Gasteiger partial charge < -0.3 is 9.47 Å². The Kier molecular flexibility index (Phi) is 5.08. The van der Waals surface area contributed by atoms with E-state index in [2.05, 4.69) is 15.0 Å². The maximum atomic E-state index is 11.3. The molecule has 0 unspecified atom stereocenters. The van der Waals surface area contributed by atoms with Crippen molar-refractivity contribution in [2.75, 3.05) is 19.0 Å². The van der Waals surface area contributed by atoms with Gasteiger partial charge in [0.05, 0.1) is 13.7 Å². The molecule has 0 saturated carbocycles. The number of nitrogens with one attached hydrogen (secondary N) is 1. The third-order valence-electron chi connectivity index (χ3n) is 2.90. The third kappa shape index (κ3) is 3.82. The van der Waals surface area contributed by atoms with E-state index < -0.39 is 12.1 Å². The molecule has 22 heavy (non-hydrogen) atoms. The van der Waals surface area contributed by atoms with E-state index in [-0.39, 0.29) is 5.69 Å². The molecule has 0 aliphatic rings. The zero-order valence-electron chi connectivity index (χ0n) is 12.3. The molecule has 114 valence electrons. The van der Waals surface area contributed by atoms with E-state index in [0.717, 1.165) is 11.1 Å². The zero-order chi connectivity index (χ0) is 15.9. The van der Waals surface area contributed by atoms with Gasteiger partial charge in [-0.2, -0.15) is 0 Å². The highest BCUT2D eigenvalue weighted by Crippen LogP contribution is 2.21. The zero-order valence-corrected chi connectivity index (χ0v) is 12.3. The summed E-state index contributed by atoms with van der Waals surface area (Å²) in [4.78, 5) is 26.7. The minimum atomic E-state index is -0.487. The van der Waals surface area contributed by atoms with Gasteiger partial charge in [0.1, 0.15) is 5.69 Å². The normalized spacial score (nSPS) is 9.91. The highest BCUT2D eigenvalue weighted by atomic mass is 16.5. The quantitative estimate of drug-likeness (QED) is 0.878. The molecule has 1 amide bonds. The number of amides is 1. The molecular formula is C16H16N2O4. The van der Waals surface area contributed by atoms with Crippen LogP contribution >= 0.6 is 0 Å². The van der Waals surface area contributed by atoms with Crippen molar-refractivity contribution in [1.82, 2.24) is 4.98 Å². The summed E-state index contributed by atoms with van der Waals surface area (Å²) in [5, 5.41) is 2.62. The lowest BCUT2D eigenvalue weighted by atomic mass is 10.1. The van der Waals surface area contributed by atoms with Gasteiger partial charge in [-0.05, 0) is 30.7 Å². The first-order chi connectivity index (χ1) is 10.6. The van der Waals surface area contributed by atoms with Gasteiger partial charge in [0.25, 0.3) is 0 Å². The molecule has 0 bridgehead atoms. The fourth-order valence-corrected chi connectivity index (χ4v) is 1.82. The predicted molar refractivity (Wildman–Crippen MR) is 81.7 cm³/mol. The Labute approximate surface area is 128 Å². The number of esters is 1. The van der Waals surface area contributed by atoms with Crippen LogP contribution < -0.4 is 5.32 Å². The van der Waals surface area contributed by atoms with Gasteiger partial charge >= 0.3 is 12.1 Å². The average molecular weight is 300 g/mol. The minimum absolute atomic E-state index is 0.256. The van der Waals surface area contributed by atoms with Crippen molar-refractivity contribution < 1.29 is 19.1 Å². The van der Waals surface area contributed by atoms with Crippen LogP contribution in [-0.4, -0.2) is 30.8 Å². The lowest BCUT2D eigenvalue weighted by Crippen LogP contribution is -2.13. The van der Waals surface area contributed by atoms with Crippen molar-refractivity contribution in [3.8, 4) is 11.1 Å². The van der Waals surface area contributed by atoms with Crippen LogP contribution in [0.3, 0.4) is 0 Å². The Morgan fingerprint density at radius 3 is 2.32 bits per heavy atom. The molecule has 2 rings (SSSR count). The SMILES string of the molecule is CCOC(=O)Nc1ccc(-c2ccc(C(=O)OC)nc2)cc1. The fraction of sp³-hybridized carbons (Fsp3) is 0.188. The summed E-state index contributed by atoms with van der Waals surface area (Å²) in [7, 11) is 1.31. The molecule has 1 heterocycles. The highest BCUT2D eigenvalue weighted by molar-refractivity contribution is 5.87. The average Bonchev–Trinajstić information content (AvgIpc) is 2.55. The van der Waals surface area contributed by atoms with E-state index in [1.54, 1.807) is 37.4 Å². The first kappa shape index (κ1) is 15.5. The molecule has 6 nitrogen and oxygen atoms in total. The summed E-state index contributed by atoms with van der Waals surface area (Å²) in [5.41, 5.74) is 2.67. The van der Waals surface area contributed by atoms with Crippen LogP contribution in [0.2, 0.25) is 0 Å². The molecule has 0 spiro atoms. The molecule has 1 aromatic carbocycles. The molecular weight excluding hydrogens is 284 g/mol. The van der Waals surface area contributed by atoms with Gasteiger partial charge in [0.15, 0.2) is 0 Å². The standard InChI is InChI=1S/C16H16N2O4/c1-3-22-16(20)18-13-7-4-11(5-8-13)12-6-9-14(17-10-12)15(19)21-2/h4-10H,3H2,1-2H3,(H,18,20). The molecule has 6 heteroatoms. The summed E-state index contributed by atoms with van der Waals surface area (Å²) in [6.45, 7) is 2.07. The van der Waals surface area contributed by atoms with Crippen LogP contribution in [0.25, 0.3) is 11.1 Å². The molecule has 0 saturated heterocycles. The van der Waals surface area contributed by atoms with Gasteiger partial charge in [0, 0.05) is 17.4 Å². The number of aromatic nitrogens is 1. The lowest BCUT2D eigenvalue weighted by Gasteiger charge is -2.07. The van der Waals surface area contributed by atoms with Crippen molar-refractivity contribution in [1.29, 1.82) is 0 Å². The maximum absolute atomic E-state index is 11.3. The van der Waals surface area contributed by atoms with E-state index >= 15 is 0 Å². The van der Waals surface area contributed by atoms with E-state index in [1.165, 1.54) is 7.11 Å². The van der Waals surface area contributed by atoms with Crippen molar-refractivity contribution in [2.24, 2.45) is 0 Å². The second-order valence-electron chi connectivity index (χ2n) is 4.35. The van der Waals surface area contributed by atoms with E-state index in [1.807, 2.05) is 12.1 Å². The summed E-state index contributed by atoms with van der Waals surface area (Å²) >= 11 is 0. The lowest BCUT2D eigenvalue weighted by molar-refractivity contribution is 0.0594. The number of hydrogen-bond donors (Lipinski definition) is 1. The van der Waals surface area contributed by atoms with Gasteiger partial charge in [-0.25, -0.2) is 14.6 Å². The van der Waals surface area contributed by atoms with Crippen LogP contribution in [-0.2, 0) is 9.47 Å². The number of rotatable bonds is 4. The van der Waals surface area contributed by atoms with E-state index in [4.69, 9.17) is 4.74 Å². The summed E-state index contributed by atoms with van der Waals surface area (Å²) < 4.78 is 9.40. The first-order valence-corrected chi connectivity index (χ1v) is 6.72. The number of carbonyl (C=O) groups is 2. The monoisotopic (exact) mass is 300 g/mol. The van der Waals surface area contributed by atoms with Crippen LogP contribution in [0.4, 0.5) is 10.5 Å². The molecule has 1 aromatic heterocycles. The predicted octanol–water partition coefficient (Wildman–Crippen LogP) is 3.10. The first-order valence-electron chi connectivity index (χ1n) is 6.72. The number of ether oxygens (including phenoxy) is 2. The van der Waals surface area contributed by atoms with E-state index in [0.29, 0.717) is 12.3 Å². The Hall–Kier alpha value is -2.89. The molecule has 0 fully saturated rings. The number of carbonyl (C=O) groups excluding carboxylic acids is 2. The van der Waals surface area contributed by atoms with Gasteiger partial charge in [-0.15, -0.1) is 0 Å². The van der Waals surface area contributed by atoms with Crippen LogP contribution in [0.5, 0.6) is 0 Å². The Morgan fingerprint density at radius 1 is 1.09 bits per heavy atom. The van der Waals surface area contributed by atoms with Gasteiger partial charge in [-0.1, -0.05) is 18.2 Å². The minimum Gasteiger partial charge on any atom is -0.464 e. The van der Waals surface area contributed by atoms with Crippen LogP contribution in [0, 0.1) is 0 Å². The number of hydrogen-bond acceptors (Lipinski definition) is 5. The smallest absolute Gasteiger partial charge is 0.411 e.